The number of hydrogen-bond donors (Lipinski definition) is 0. The molecule has 6 nitrogen and oxygen atoms in total. The van der Waals surface area contributed by atoms with Crippen LogP contribution >= 0.6 is 0 Å². The van der Waals surface area contributed by atoms with E-state index in [4.69, 9.17) is 17.0 Å². The SMILES string of the molecule is O=C([O][Sn]([O]c1ccccc1)([O]c1ccccc1)[O]c1ccccc1)C1CCCO1.[NaH]. The number of carbonyl (C=O) groups excluding carboxylic acids is 1. The van der Waals surface area contributed by atoms with E-state index in [2.05, 4.69) is 0 Å². The van der Waals surface area contributed by atoms with Crippen molar-refractivity contribution >= 4 is 55.6 Å². The molecule has 1 aliphatic rings. The number of rotatable bonds is 8. The molecule has 1 atom stereocenters. The molecule has 0 spiro atoms. The van der Waals surface area contributed by atoms with Crippen molar-refractivity contribution in [3.05, 3.63) is 91.0 Å². The van der Waals surface area contributed by atoms with Crippen LogP contribution in [-0.4, -0.2) is 68.3 Å². The summed E-state index contributed by atoms with van der Waals surface area (Å²) in [5, 5.41) is 0. The Kier molecular flexibility index (Phi) is 9.10. The minimum atomic E-state index is -5.05. The van der Waals surface area contributed by atoms with Gasteiger partial charge in [-0.15, -0.1) is 0 Å². The average Bonchev–Trinajstić information content (AvgIpc) is 3.31. The Bertz CT molecular complexity index is 835. The van der Waals surface area contributed by atoms with Gasteiger partial charge in [-0.05, 0) is 0 Å². The van der Waals surface area contributed by atoms with E-state index in [-0.39, 0.29) is 29.6 Å². The van der Waals surface area contributed by atoms with Gasteiger partial charge in [-0.3, -0.25) is 0 Å². The first-order valence-corrected chi connectivity index (χ1v) is 14.5. The normalized spacial score (nSPS) is 15.4. The van der Waals surface area contributed by atoms with Gasteiger partial charge in [0.2, 0.25) is 0 Å². The maximum absolute atomic E-state index is 12.9. The Labute approximate surface area is 209 Å². The number of benzene rings is 3. The van der Waals surface area contributed by atoms with Gasteiger partial charge in [0.25, 0.3) is 0 Å². The summed E-state index contributed by atoms with van der Waals surface area (Å²) in [6.45, 7) is 0.529. The van der Waals surface area contributed by atoms with E-state index in [9.17, 15) is 4.79 Å². The fourth-order valence-corrected chi connectivity index (χ4v) is 8.40. The minimum absolute atomic E-state index is 0. The van der Waals surface area contributed by atoms with E-state index < -0.39 is 32.1 Å². The predicted molar refractivity (Wildman–Crippen MR) is 119 cm³/mol. The van der Waals surface area contributed by atoms with Crippen LogP contribution in [0.5, 0.6) is 17.2 Å². The molecular weight excluding hydrogens is 514 g/mol. The van der Waals surface area contributed by atoms with Crippen LogP contribution in [0, 0.1) is 0 Å². The fraction of sp³-hybridized carbons (Fsp3) is 0.174. The Morgan fingerprint density at radius 1 is 0.742 bits per heavy atom. The van der Waals surface area contributed by atoms with Gasteiger partial charge in [0.15, 0.2) is 0 Å². The topological polar surface area (TPSA) is 63.2 Å². The molecule has 31 heavy (non-hydrogen) atoms. The van der Waals surface area contributed by atoms with Gasteiger partial charge in [0.1, 0.15) is 0 Å². The van der Waals surface area contributed by atoms with E-state index in [1.54, 1.807) is 36.4 Å². The Morgan fingerprint density at radius 3 is 1.52 bits per heavy atom. The second-order valence-corrected chi connectivity index (χ2v) is 11.9. The van der Waals surface area contributed by atoms with Crippen molar-refractivity contribution in [3.63, 3.8) is 0 Å². The summed E-state index contributed by atoms with van der Waals surface area (Å²) in [4.78, 5) is 12.9. The summed E-state index contributed by atoms with van der Waals surface area (Å²) in [6.07, 6.45) is 0.767. The molecule has 0 aromatic heterocycles. The Hall–Kier alpha value is -1.71. The van der Waals surface area contributed by atoms with E-state index in [1.807, 2.05) is 54.6 Å². The molecule has 1 aliphatic heterocycles. The number of hydrogen-bond acceptors (Lipinski definition) is 6. The molecule has 0 amide bonds. The van der Waals surface area contributed by atoms with Crippen LogP contribution in [-0.2, 0) is 12.6 Å². The molecule has 8 heteroatoms. The van der Waals surface area contributed by atoms with Gasteiger partial charge in [0, 0.05) is 0 Å². The van der Waals surface area contributed by atoms with Crippen molar-refractivity contribution in [3.8, 4) is 17.2 Å². The molecule has 0 N–H and O–H groups in total. The van der Waals surface area contributed by atoms with Crippen LogP contribution < -0.4 is 9.22 Å². The molecule has 1 unspecified atom stereocenters. The molecule has 3 aromatic carbocycles. The third-order valence-electron chi connectivity index (χ3n) is 4.38. The molecule has 156 valence electrons. The second kappa shape index (κ2) is 11.8. The second-order valence-electron chi connectivity index (χ2n) is 6.67. The molecular formula is C23H23NaO6Sn. The van der Waals surface area contributed by atoms with E-state index in [0.717, 1.165) is 6.42 Å². The van der Waals surface area contributed by atoms with Crippen LogP contribution in [0.4, 0.5) is 0 Å². The molecule has 3 aromatic rings. The van der Waals surface area contributed by atoms with Crippen LogP contribution in [0.3, 0.4) is 0 Å². The zero-order valence-corrected chi connectivity index (χ0v) is 19.2. The summed E-state index contributed by atoms with van der Waals surface area (Å²) >= 11 is -5.05. The quantitative estimate of drug-likeness (QED) is 0.409. The fourth-order valence-electron chi connectivity index (χ4n) is 2.98. The Balaban J connectivity index is 0.00000272. The summed E-state index contributed by atoms with van der Waals surface area (Å²) < 4.78 is 30.0. The zero-order valence-electron chi connectivity index (χ0n) is 16.3. The van der Waals surface area contributed by atoms with Crippen LogP contribution in [0.25, 0.3) is 0 Å². The number of carbonyl (C=O) groups is 1. The average molecular weight is 537 g/mol. The van der Waals surface area contributed by atoms with Crippen LogP contribution in [0.2, 0.25) is 0 Å². The summed E-state index contributed by atoms with van der Waals surface area (Å²) in [6, 6.07) is 27.2. The third-order valence-corrected chi connectivity index (χ3v) is 9.82. The van der Waals surface area contributed by atoms with Gasteiger partial charge in [-0.2, -0.15) is 0 Å². The molecule has 1 saturated heterocycles. The van der Waals surface area contributed by atoms with Crippen molar-refractivity contribution in [1.82, 2.24) is 0 Å². The molecule has 1 fully saturated rings. The van der Waals surface area contributed by atoms with E-state index in [0.29, 0.717) is 30.3 Å². The molecule has 0 bridgehead atoms. The summed E-state index contributed by atoms with van der Waals surface area (Å²) in [5.74, 6) is 0.979. The molecule has 0 radical (unpaired) electrons. The van der Waals surface area contributed by atoms with Crippen molar-refractivity contribution in [1.29, 1.82) is 0 Å². The molecule has 0 aliphatic carbocycles. The van der Waals surface area contributed by atoms with Gasteiger partial charge in [-0.1, -0.05) is 0 Å². The van der Waals surface area contributed by atoms with Crippen molar-refractivity contribution in [2.75, 3.05) is 6.61 Å². The third kappa shape index (κ3) is 6.88. The van der Waals surface area contributed by atoms with Gasteiger partial charge in [0.05, 0.1) is 0 Å². The van der Waals surface area contributed by atoms with Crippen LogP contribution in [0.15, 0.2) is 91.0 Å². The van der Waals surface area contributed by atoms with Gasteiger partial charge < -0.3 is 0 Å². The zero-order chi connectivity index (χ0) is 20.7. The first kappa shape index (κ1) is 23.9. The maximum atomic E-state index is 12.9. The van der Waals surface area contributed by atoms with Gasteiger partial charge >= 0.3 is 211 Å². The van der Waals surface area contributed by atoms with Crippen LogP contribution in [0.1, 0.15) is 12.8 Å². The molecule has 1 heterocycles. The van der Waals surface area contributed by atoms with Gasteiger partial charge in [-0.25, -0.2) is 0 Å². The summed E-state index contributed by atoms with van der Waals surface area (Å²) in [7, 11) is 0. The van der Waals surface area contributed by atoms with E-state index in [1.165, 1.54) is 0 Å². The van der Waals surface area contributed by atoms with E-state index >= 15 is 0 Å². The van der Waals surface area contributed by atoms with Crippen molar-refractivity contribution in [2.24, 2.45) is 0 Å². The number of para-hydroxylation sites is 3. The standard InChI is InChI=1S/3C6H6O.C5H8O3.Na.Sn.H/c3*7-6-4-2-1-3-5-6;6-5(7)4-2-1-3-8-4;;;/h3*1-5,7H;4H,1-3H2,(H,6,7);;;/q;;;;;+4;/p-4. The molecule has 4 rings (SSSR count). The number of ether oxygens (including phenoxy) is 1. The monoisotopic (exact) mass is 538 g/mol. The predicted octanol–water partition coefficient (Wildman–Crippen LogP) is 3.73. The first-order valence-electron chi connectivity index (χ1n) is 9.79. The van der Waals surface area contributed by atoms with Crippen molar-refractivity contribution < 1.29 is 21.8 Å². The first-order chi connectivity index (χ1) is 14.7. The Morgan fingerprint density at radius 2 is 1.16 bits per heavy atom. The van der Waals surface area contributed by atoms with Crippen molar-refractivity contribution in [2.45, 2.75) is 18.9 Å². The molecule has 0 saturated carbocycles. The summed E-state index contributed by atoms with van der Waals surface area (Å²) in [5.41, 5.74) is 0.